The molecule has 0 aromatic heterocycles. The van der Waals surface area contributed by atoms with Gasteiger partial charge in [0.2, 0.25) is 0 Å². The summed E-state index contributed by atoms with van der Waals surface area (Å²) in [5.74, 6) is 1.64. The second-order valence-corrected chi connectivity index (χ2v) is 15.3. The predicted molar refractivity (Wildman–Crippen MR) is 251 cm³/mol. The van der Waals surface area contributed by atoms with Gasteiger partial charge in [-0.3, -0.25) is 0 Å². The van der Waals surface area contributed by atoms with Crippen LogP contribution in [0.3, 0.4) is 0 Å². The van der Waals surface area contributed by atoms with Crippen molar-refractivity contribution in [3.05, 3.63) is 237 Å². The van der Waals surface area contributed by atoms with E-state index in [0.717, 1.165) is 72.9 Å². The van der Waals surface area contributed by atoms with E-state index in [1.807, 2.05) is 0 Å². The third kappa shape index (κ3) is 6.41. The molecule has 2 heteroatoms. The van der Waals surface area contributed by atoms with E-state index in [1.54, 1.807) is 0 Å². The van der Waals surface area contributed by atoms with Gasteiger partial charge in [-0.05, 0) is 103 Å². The lowest BCUT2D eigenvalue weighted by Gasteiger charge is -2.29. The zero-order valence-corrected chi connectivity index (χ0v) is 32.9. The Morgan fingerprint density at radius 3 is 1.25 bits per heavy atom. The minimum Gasteiger partial charge on any atom is -0.454 e. The van der Waals surface area contributed by atoms with Crippen molar-refractivity contribution >= 4 is 27.8 Å². The van der Waals surface area contributed by atoms with Crippen molar-refractivity contribution in [1.29, 1.82) is 0 Å². The van der Waals surface area contributed by atoms with Crippen LogP contribution >= 0.6 is 0 Å². The van der Waals surface area contributed by atoms with Crippen molar-refractivity contribution < 1.29 is 4.74 Å². The zero-order valence-electron chi connectivity index (χ0n) is 32.9. The van der Waals surface area contributed by atoms with E-state index in [9.17, 15) is 0 Å². The summed E-state index contributed by atoms with van der Waals surface area (Å²) in [7, 11) is 0. The van der Waals surface area contributed by atoms with Crippen LogP contribution in [-0.4, -0.2) is 0 Å². The Labute approximate surface area is 350 Å². The first-order chi connectivity index (χ1) is 29.7. The smallest absolute Gasteiger partial charge is 0.159 e. The zero-order chi connectivity index (χ0) is 39.8. The summed E-state index contributed by atoms with van der Waals surface area (Å²) >= 11 is 0. The average Bonchev–Trinajstić information content (AvgIpc) is 3.47. The number of hydrogen-bond donors (Lipinski definition) is 0. The van der Waals surface area contributed by atoms with Gasteiger partial charge in [-0.15, -0.1) is 0 Å². The summed E-state index contributed by atoms with van der Waals surface area (Å²) in [5.41, 5.74) is 16.9. The molecule has 10 aromatic rings. The Kier molecular flexibility index (Phi) is 8.87. The summed E-state index contributed by atoms with van der Waals surface area (Å²) in [4.78, 5) is 2.34. The minimum atomic E-state index is 0.809. The first-order valence-corrected chi connectivity index (χ1v) is 20.5. The molecule has 0 amide bonds. The molecule has 60 heavy (non-hydrogen) atoms. The monoisotopic (exact) mass is 765 g/mol. The van der Waals surface area contributed by atoms with Gasteiger partial charge in [0.25, 0.3) is 0 Å². The number of anilines is 3. The molecule has 1 aliphatic rings. The van der Waals surface area contributed by atoms with E-state index in [2.05, 4.69) is 241 Å². The largest absolute Gasteiger partial charge is 0.454 e. The lowest BCUT2D eigenvalue weighted by atomic mass is 9.87. The number of ether oxygens (including phenoxy) is 1. The fourth-order valence-corrected chi connectivity index (χ4v) is 8.70. The normalized spacial score (nSPS) is 11.5. The van der Waals surface area contributed by atoms with Gasteiger partial charge < -0.3 is 9.64 Å². The topological polar surface area (TPSA) is 12.5 Å². The van der Waals surface area contributed by atoms with Crippen molar-refractivity contribution in [2.45, 2.75) is 0 Å². The van der Waals surface area contributed by atoms with Crippen LogP contribution in [0.5, 0.6) is 11.5 Å². The molecule has 11 rings (SSSR count). The van der Waals surface area contributed by atoms with Crippen LogP contribution in [0.25, 0.3) is 77.5 Å². The van der Waals surface area contributed by atoms with Gasteiger partial charge in [-0.25, -0.2) is 0 Å². The number of fused-ring (bicyclic) bond motifs is 6. The Morgan fingerprint density at radius 2 is 0.700 bits per heavy atom. The molecular formula is C58H39NO. The van der Waals surface area contributed by atoms with Gasteiger partial charge in [0.1, 0.15) is 5.75 Å². The van der Waals surface area contributed by atoms with Crippen LogP contribution in [-0.2, 0) is 0 Å². The molecular weight excluding hydrogens is 727 g/mol. The van der Waals surface area contributed by atoms with Crippen molar-refractivity contribution in [3.63, 3.8) is 0 Å². The van der Waals surface area contributed by atoms with E-state index in [-0.39, 0.29) is 0 Å². The maximum atomic E-state index is 7.33. The third-order valence-electron chi connectivity index (χ3n) is 11.7. The Hall–Kier alpha value is -7.94. The predicted octanol–water partition coefficient (Wildman–Crippen LogP) is 16.4. The van der Waals surface area contributed by atoms with Gasteiger partial charge in [-0.2, -0.15) is 0 Å². The quantitative estimate of drug-likeness (QED) is 0.160. The third-order valence-corrected chi connectivity index (χ3v) is 11.7. The van der Waals surface area contributed by atoms with E-state index < -0.39 is 0 Å². The molecule has 0 saturated carbocycles. The second kappa shape index (κ2) is 15.1. The van der Waals surface area contributed by atoms with Gasteiger partial charge >= 0.3 is 0 Å². The van der Waals surface area contributed by atoms with E-state index in [0.29, 0.717) is 0 Å². The van der Waals surface area contributed by atoms with Crippen molar-refractivity contribution in [2.75, 3.05) is 4.90 Å². The van der Waals surface area contributed by atoms with Crippen LogP contribution in [0.15, 0.2) is 237 Å². The Balaban J connectivity index is 1.10. The van der Waals surface area contributed by atoms with Crippen LogP contribution in [0.2, 0.25) is 0 Å². The standard InChI is InChI=1S/C58H39NO/c1-4-14-40(15-5-1)42-26-28-43(29-27-42)45-32-36-50(37-33-45)59(49-34-30-44(31-35-49)41-16-6-2-7-17-41)55-25-13-24-53-57-51(46-18-8-3-9-19-46)22-12-23-52(57)54-38-47-20-10-11-21-48(47)39-56(54)60-58(53)55/h1-39H. The van der Waals surface area contributed by atoms with Gasteiger partial charge in [-0.1, -0.05) is 194 Å². The van der Waals surface area contributed by atoms with Gasteiger partial charge in [0.05, 0.1) is 5.69 Å². The maximum absolute atomic E-state index is 7.33. The number of benzene rings is 10. The molecule has 1 heterocycles. The van der Waals surface area contributed by atoms with Crippen molar-refractivity contribution in [1.82, 2.24) is 0 Å². The SMILES string of the molecule is c1ccc(-c2ccc(-c3ccc(N(c4ccc(-c5ccccc5)cc4)c4cccc5c4Oc4cc6ccccc6cc4-c4cccc(-c6ccccc6)c4-5)cc3)cc2)cc1. The first kappa shape index (κ1) is 35.2. The highest BCUT2D eigenvalue weighted by atomic mass is 16.5. The lowest BCUT2D eigenvalue weighted by molar-refractivity contribution is 0.489. The Bertz CT molecular complexity index is 3120. The fourth-order valence-electron chi connectivity index (χ4n) is 8.70. The summed E-state index contributed by atoms with van der Waals surface area (Å²) in [6.45, 7) is 0. The number of para-hydroxylation sites is 1. The van der Waals surface area contributed by atoms with Crippen molar-refractivity contribution in [2.24, 2.45) is 0 Å². The van der Waals surface area contributed by atoms with E-state index in [1.165, 1.54) is 33.2 Å². The lowest BCUT2D eigenvalue weighted by Crippen LogP contribution is -2.11. The molecule has 0 fully saturated rings. The highest BCUT2D eigenvalue weighted by Gasteiger charge is 2.29. The van der Waals surface area contributed by atoms with E-state index in [4.69, 9.17) is 4.74 Å². The van der Waals surface area contributed by atoms with Crippen LogP contribution in [0, 0.1) is 0 Å². The highest BCUT2D eigenvalue weighted by molar-refractivity contribution is 6.04. The molecule has 0 spiro atoms. The molecule has 0 unspecified atom stereocenters. The first-order valence-electron chi connectivity index (χ1n) is 20.5. The molecule has 0 radical (unpaired) electrons. The minimum absolute atomic E-state index is 0.809. The van der Waals surface area contributed by atoms with Gasteiger partial charge in [0, 0.05) is 28.1 Å². The Morgan fingerprint density at radius 1 is 0.283 bits per heavy atom. The number of hydrogen-bond acceptors (Lipinski definition) is 2. The average molecular weight is 766 g/mol. The number of rotatable bonds is 7. The maximum Gasteiger partial charge on any atom is 0.159 e. The van der Waals surface area contributed by atoms with Gasteiger partial charge in [0.15, 0.2) is 5.75 Å². The molecule has 0 bridgehead atoms. The van der Waals surface area contributed by atoms with E-state index >= 15 is 0 Å². The molecule has 0 aliphatic carbocycles. The fraction of sp³-hybridized carbons (Fsp3) is 0. The second-order valence-electron chi connectivity index (χ2n) is 15.3. The summed E-state index contributed by atoms with van der Waals surface area (Å²) in [6, 6.07) is 84.7. The molecule has 0 N–H and O–H groups in total. The number of nitrogens with zero attached hydrogens (tertiary/aromatic N) is 1. The molecule has 10 aromatic carbocycles. The summed E-state index contributed by atoms with van der Waals surface area (Å²) < 4.78 is 7.33. The molecule has 282 valence electrons. The molecule has 1 aliphatic heterocycles. The molecule has 0 saturated heterocycles. The van der Waals surface area contributed by atoms with Crippen LogP contribution in [0.4, 0.5) is 17.1 Å². The summed E-state index contributed by atoms with van der Waals surface area (Å²) in [6.07, 6.45) is 0. The highest BCUT2D eigenvalue weighted by Crippen LogP contribution is 2.55. The molecule has 2 nitrogen and oxygen atoms in total. The van der Waals surface area contributed by atoms with Crippen molar-refractivity contribution in [3.8, 4) is 78.3 Å². The molecule has 0 atom stereocenters. The van der Waals surface area contributed by atoms with Crippen LogP contribution < -0.4 is 9.64 Å². The van der Waals surface area contributed by atoms with Crippen LogP contribution in [0.1, 0.15) is 0 Å². The summed E-state index contributed by atoms with van der Waals surface area (Å²) in [5, 5.41) is 2.32.